The van der Waals surface area contributed by atoms with Gasteiger partial charge in [-0.2, -0.15) is 0 Å². The topological polar surface area (TPSA) is 39.2 Å². The number of benzene rings is 2. The molecule has 1 amide bonds. The van der Waals surface area contributed by atoms with Crippen LogP contribution in [0.1, 0.15) is 41.5 Å². The van der Waals surface area contributed by atoms with Crippen LogP contribution in [0.3, 0.4) is 0 Å². The maximum atomic E-state index is 13.8. The molecule has 0 bridgehead atoms. The van der Waals surface area contributed by atoms with Gasteiger partial charge in [-0.1, -0.05) is 59.7 Å². The van der Waals surface area contributed by atoms with Gasteiger partial charge in [0, 0.05) is 43.7 Å². The maximum Gasteiger partial charge on any atom is 0.259 e. The van der Waals surface area contributed by atoms with Crippen LogP contribution in [0.2, 0.25) is 0 Å². The molecule has 4 aliphatic rings. The second-order valence-electron chi connectivity index (χ2n) is 10.5. The molecule has 0 saturated heterocycles. The SMILES string of the molecule is Cc1ccc(CN2CCC3=C(C2)C(=O)N(Cc2ccc(C)cc2)C2=NCC4(CC4)CN23)cc1. The maximum absolute atomic E-state index is 13.8. The molecule has 3 heterocycles. The molecule has 5 heteroatoms. The van der Waals surface area contributed by atoms with E-state index in [4.69, 9.17) is 4.99 Å². The van der Waals surface area contributed by atoms with Crippen molar-refractivity contribution in [2.75, 3.05) is 26.2 Å². The van der Waals surface area contributed by atoms with Gasteiger partial charge in [-0.3, -0.25) is 19.6 Å². The van der Waals surface area contributed by atoms with Gasteiger partial charge in [0.25, 0.3) is 5.91 Å². The first-order valence-corrected chi connectivity index (χ1v) is 12.2. The molecule has 0 aromatic heterocycles. The molecule has 170 valence electrons. The number of nitrogens with zero attached hydrogens (tertiary/aromatic N) is 4. The van der Waals surface area contributed by atoms with E-state index < -0.39 is 0 Å². The lowest BCUT2D eigenvalue weighted by atomic mass is 9.96. The van der Waals surface area contributed by atoms with E-state index in [1.54, 1.807) is 0 Å². The van der Waals surface area contributed by atoms with Gasteiger partial charge in [0.05, 0.1) is 18.7 Å². The molecule has 5 nitrogen and oxygen atoms in total. The van der Waals surface area contributed by atoms with Gasteiger partial charge in [0.15, 0.2) is 0 Å². The van der Waals surface area contributed by atoms with Crippen molar-refractivity contribution in [3.05, 3.63) is 82.1 Å². The number of carbonyl (C=O) groups is 1. The van der Waals surface area contributed by atoms with E-state index in [1.165, 1.54) is 35.2 Å². The Morgan fingerprint density at radius 2 is 1.55 bits per heavy atom. The number of aryl methyl sites for hydroxylation is 2. The lowest BCUT2D eigenvalue weighted by Gasteiger charge is -2.47. The number of carbonyl (C=O) groups excluding carboxylic acids is 1. The first kappa shape index (κ1) is 20.7. The standard InChI is InChI=1S/C28H32N4O/c1-20-3-7-22(8-4-20)15-30-14-11-25-24(17-30)26(33)31(16-23-9-5-21(2)6-10-23)27-29-18-28(12-13-28)19-32(25)27/h3-10H,11-19H2,1-2H3. The second-order valence-corrected chi connectivity index (χ2v) is 10.5. The molecule has 0 N–H and O–H groups in total. The summed E-state index contributed by atoms with van der Waals surface area (Å²) in [7, 11) is 0. The van der Waals surface area contributed by atoms with Crippen molar-refractivity contribution in [2.24, 2.45) is 10.4 Å². The molecule has 1 fully saturated rings. The summed E-state index contributed by atoms with van der Waals surface area (Å²) in [5.41, 5.74) is 7.52. The molecule has 2 aromatic carbocycles. The molecule has 0 radical (unpaired) electrons. The molecule has 1 spiro atoms. The highest BCUT2D eigenvalue weighted by Crippen LogP contribution is 2.50. The molecule has 33 heavy (non-hydrogen) atoms. The minimum Gasteiger partial charge on any atom is -0.315 e. The highest BCUT2D eigenvalue weighted by atomic mass is 16.2. The lowest BCUT2D eigenvalue weighted by Crippen LogP contribution is -2.58. The van der Waals surface area contributed by atoms with Crippen LogP contribution in [-0.2, 0) is 17.9 Å². The number of fused-ring (bicyclic) bond motifs is 2. The van der Waals surface area contributed by atoms with Crippen LogP contribution in [0.4, 0.5) is 0 Å². The summed E-state index contributed by atoms with van der Waals surface area (Å²) in [4.78, 5) is 25.6. The van der Waals surface area contributed by atoms with Crippen LogP contribution in [0.25, 0.3) is 0 Å². The van der Waals surface area contributed by atoms with Crippen LogP contribution < -0.4 is 0 Å². The van der Waals surface area contributed by atoms with E-state index in [9.17, 15) is 4.79 Å². The van der Waals surface area contributed by atoms with Crippen molar-refractivity contribution < 1.29 is 4.79 Å². The minimum absolute atomic E-state index is 0.140. The number of hydrogen-bond acceptors (Lipinski definition) is 4. The van der Waals surface area contributed by atoms with E-state index in [2.05, 4.69) is 72.2 Å². The highest BCUT2D eigenvalue weighted by Gasteiger charge is 2.51. The lowest BCUT2D eigenvalue weighted by molar-refractivity contribution is -0.125. The predicted octanol–water partition coefficient (Wildman–Crippen LogP) is 4.26. The monoisotopic (exact) mass is 440 g/mol. The Bertz CT molecular complexity index is 1140. The molecule has 3 aliphatic heterocycles. The molecule has 2 aromatic rings. The van der Waals surface area contributed by atoms with Crippen molar-refractivity contribution >= 4 is 11.9 Å². The molecule has 6 rings (SSSR count). The predicted molar refractivity (Wildman–Crippen MR) is 131 cm³/mol. The summed E-state index contributed by atoms with van der Waals surface area (Å²) in [6, 6.07) is 17.3. The fourth-order valence-electron chi connectivity index (χ4n) is 5.38. The van der Waals surface area contributed by atoms with E-state index >= 15 is 0 Å². The number of guanidine groups is 1. The normalized spacial score (nSPS) is 21.8. The first-order chi connectivity index (χ1) is 16.0. The average Bonchev–Trinajstić information content (AvgIpc) is 3.58. The molecule has 0 unspecified atom stereocenters. The fraction of sp³-hybridized carbons (Fsp3) is 0.429. The fourth-order valence-corrected chi connectivity index (χ4v) is 5.38. The van der Waals surface area contributed by atoms with Crippen LogP contribution >= 0.6 is 0 Å². The smallest absolute Gasteiger partial charge is 0.259 e. The number of hydrogen-bond donors (Lipinski definition) is 0. The average molecular weight is 441 g/mol. The van der Waals surface area contributed by atoms with Crippen LogP contribution in [0.5, 0.6) is 0 Å². The summed E-state index contributed by atoms with van der Waals surface area (Å²) >= 11 is 0. The van der Waals surface area contributed by atoms with Crippen molar-refractivity contribution in [1.29, 1.82) is 0 Å². The van der Waals surface area contributed by atoms with Crippen molar-refractivity contribution in [3.63, 3.8) is 0 Å². The summed E-state index contributed by atoms with van der Waals surface area (Å²) in [5, 5.41) is 0. The molecule has 1 aliphatic carbocycles. The van der Waals surface area contributed by atoms with Crippen molar-refractivity contribution in [3.8, 4) is 0 Å². The number of rotatable bonds is 4. The third-order valence-corrected chi connectivity index (χ3v) is 7.70. The number of amides is 1. The zero-order chi connectivity index (χ0) is 22.6. The third kappa shape index (κ3) is 3.89. The third-order valence-electron chi connectivity index (χ3n) is 7.70. The largest absolute Gasteiger partial charge is 0.315 e. The Morgan fingerprint density at radius 3 is 2.18 bits per heavy atom. The van der Waals surface area contributed by atoms with Gasteiger partial charge >= 0.3 is 0 Å². The van der Waals surface area contributed by atoms with Crippen LogP contribution in [0, 0.1) is 19.3 Å². The van der Waals surface area contributed by atoms with Gasteiger partial charge in [-0.25, -0.2) is 0 Å². The molecular formula is C28H32N4O. The molecule has 1 saturated carbocycles. The van der Waals surface area contributed by atoms with E-state index in [-0.39, 0.29) is 5.91 Å². The van der Waals surface area contributed by atoms with E-state index in [1.807, 2.05) is 4.90 Å². The van der Waals surface area contributed by atoms with Gasteiger partial charge in [0.2, 0.25) is 5.96 Å². The highest BCUT2D eigenvalue weighted by molar-refractivity contribution is 6.09. The Hall–Kier alpha value is -2.92. The zero-order valence-corrected chi connectivity index (χ0v) is 19.7. The Balaban J connectivity index is 1.30. The van der Waals surface area contributed by atoms with Gasteiger partial charge < -0.3 is 4.90 Å². The van der Waals surface area contributed by atoms with Crippen LogP contribution in [-0.4, -0.2) is 52.7 Å². The summed E-state index contributed by atoms with van der Waals surface area (Å²) in [5.74, 6) is 1.02. The summed E-state index contributed by atoms with van der Waals surface area (Å²) < 4.78 is 0. The zero-order valence-electron chi connectivity index (χ0n) is 19.7. The number of aliphatic imine (C=N–C) groups is 1. The molecular weight excluding hydrogens is 408 g/mol. The van der Waals surface area contributed by atoms with Gasteiger partial charge in [-0.15, -0.1) is 0 Å². The van der Waals surface area contributed by atoms with E-state index in [0.29, 0.717) is 18.5 Å². The minimum atomic E-state index is 0.140. The summed E-state index contributed by atoms with van der Waals surface area (Å²) in [6.07, 6.45) is 3.43. The Morgan fingerprint density at radius 1 is 0.909 bits per heavy atom. The van der Waals surface area contributed by atoms with E-state index in [0.717, 1.165) is 49.7 Å². The van der Waals surface area contributed by atoms with Crippen molar-refractivity contribution in [2.45, 2.75) is 46.2 Å². The Kier molecular flexibility index (Phi) is 4.91. The van der Waals surface area contributed by atoms with Gasteiger partial charge in [0.1, 0.15) is 0 Å². The second kappa shape index (κ2) is 7.84. The van der Waals surface area contributed by atoms with Crippen LogP contribution in [0.15, 0.2) is 64.8 Å². The summed E-state index contributed by atoms with van der Waals surface area (Å²) in [6.45, 7) is 9.25. The quantitative estimate of drug-likeness (QED) is 0.713. The van der Waals surface area contributed by atoms with Gasteiger partial charge in [-0.05, 0) is 37.8 Å². The Labute approximate surface area is 196 Å². The molecule has 0 atom stereocenters. The first-order valence-electron chi connectivity index (χ1n) is 12.2. The van der Waals surface area contributed by atoms with Crippen molar-refractivity contribution in [1.82, 2.24) is 14.7 Å².